The van der Waals surface area contributed by atoms with E-state index < -0.39 is 5.97 Å². The lowest BCUT2D eigenvalue weighted by Crippen LogP contribution is -2.08. The number of hydrogen-bond acceptors (Lipinski definition) is 6. The van der Waals surface area contributed by atoms with Crippen molar-refractivity contribution in [1.29, 1.82) is 0 Å². The van der Waals surface area contributed by atoms with Crippen molar-refractivity contribution in [2.75, 3.05) is 6.61 Å². The number of nitrogens with two attached hydrogens (primary N) is 1. The first kappa shape index (κ1) is 20.9. The number of aromatic nitrogens is 1. The van der Waals surface area contributed by atoms with Crippen molar-refractivity contribution in [1.82, 2.24) is 4.98 Å². The third-order valence-electron chi connectivity index (χ3n) is 4.50. The molecule has 0 spiro atoms. The maximum Gasteiger partial charge on any atom is 0.355 e. The quantitative estimate of drug-likeness (QED) is 0.334. The van der Waals surface area contributed by atoms with E-state index in [0.717, 1.165) is 0 Å². The van der Waals surface area contributed by atoms with Crippen LogP contribution in [0.1, 0.15) is 45.4 Å². The molecule has 1 aromatic heterocycles. The van der Waals surface area contributed by atoms with Gasteiger partial charge in [0.25, 0.3) is 0 Å². The van der Waals surface area contributed by atoms with Crippen LogP contribution in [0.5, 0.6) is 0 Å². The van der Waals surface area contributed by atoms with E-state index >= 15 is 0 Å². The lowest BCUT2D eigenvalue weighted by Gasteiger charge is -2.17. The molecule has 0 aliphatic carbocycles. The summed E-state index contributed by atoms with van der Waals surface area (Å²) in [6.07, 6.45) is 2.06. The minimum absolute atomic E-state index is 0.139. The zero-order chi connectivity index (χ0) is 20.0. The van der Waals surface area contributed by atoms with Crippen LogP contribution in [0.2, 0.25) is 0 Å². The Balaban J connectivity index is 2.81. The first-order valence-electron chi connectivity index (χ1n) is 8.76. The summed E-state index contributed by atoms with van der Waals surface area (Å²) in [5.74, 6) is -0.491. The van der Waals surface area contributed by atoms with Crippen molar-refractivity contribution in [3.05, 3.63) is 58.4 Å². The molecule has 0 amide bonds. The van der Waals surface area contributed by atoms with Gasteiger partial charge in [-0.1, -0.05) is 18.2 Å². The van der Waals surface area contributed by atoms with Crippen LogP contribution in [0.3, 0.4) is 0 Å². The van der Waals surface area contributed by atoms with Crippen molar-refractivity contribution in [3.63, 3.8) is 0 Å². The number of hydrogen-bond donors (Lipinski definition) is 5. The first-order chi connectivity index (χ1) is 13.1. The number of aliphatic hydroxyl groups is 3. The average Bonchev–Trinajstić information content (AvgIpc) is 3.05. The fourth-order valence-electron chi connectivity index (χ4n) is 3.30. The number of aliphatic hydroxyl groups excluding tert-OH is 3. The van der Waals surface area contributed by atoms with Crippen LogP contribution in [-0.2, 0) is 37.5 Å². The van der Waals surface area contributed by atoms with Crippen molar-refractivity contribution in [2.45, 2.75) is 39.7 Å². The van der Waals surface area contributed by atoms with Gasteiger partial charge >= 0.3 is 5.97 Å². The number of allylic oxidation sites excluding steroid dienone is 1. The molecule has 0 aliphatic heterocycles. The molecule has 1 aromatic carbocycles. The summed E-state index contributed by atoms with van der Waals surface area (Å²) >= 11 is 0. The Labute approximate surface area is 158 Å². The highest BCUT2D eigenvalue weighted by atomic mass is 16.5. The van der Waals surface area contributed by atoms with E-state index in [-0.39, 0.29) is 33.0 Å². The van der Waals surface area contributed by atoms with E-state index in [4.69, 9.17) is 10.5 Å². The van der Waals surface area contributed by atoms with E-state index in [9.17, 15) is 20.1 Å². The van der Waals surface area contributed by atoms with Gasteiger partial charge in [0.05, 0.1) is 26.4 Å². The Hall–Kier alpha value is -2.45. The Morgan fingerprint density at radius 1 is 1.19 bits per heavy atom. The maximum absolute atomic E-state index is 12.4. The van der Waals surface area contributed by atoms with Crippen LogP contribution in [0.15, 0.2) is 24.8 Å². The number of nitrogens with one attached hydrogen (secondary N) is 1. The second kappa shape index (κ2) is 9.48. The number of aromatic amines is 1. The van der Waals surface area contributed by atoms with E-state index in [0.29, 0.717) is 51.2 Å². The Morgan fingerprint density at radius 2 is 1.89 bits per heavy atom. The number of rotatable bonds is 9. The van der Waals surface area contributed by atoms with Gasteiger partial charge in [0.1, 0.15) is 5.69 Å². The van der Waals surface area contributed by atoms with Crippen LogP contribution < -0.4 is 5.73 Å². The van der Waals surface area contributed by atoms with E-state index in [1.54, 1.807) is 25.1 Å². The molecule has 0 radical (unpaired) electrons. The van der Waals surface area contributed by atoms with Gasteiger partial charge in [-0.25, -0.2) is 4.79 Å². The summed E-state index contributed by atoms with van der Waals surface area (Å²) < 4.78 is 5.13. The number of benzene rings is 1. The molecule has 1 heterocycles. The standard InChI is InChI=1S/C20H26N2O5/c1-3-5-14-18(17(8-21)22-19(14)20(26)27-4-2)13-7-6-12(9-23)15(10-24)16(13)11-25/h3,6-7,22-25H,1,4-5,8-11,21H2,2H3. The molecular weight excluding hydrogens is 348 g/mol. The third-order valence-corrected chi connectivity index (χ3v) is 4.50. The predicted octanol–water partition coefficient (Wildman–Crippen LogP) is 1.52. The molecule has 0 bridgehead atoms. The van der Waals surface area contributed by atoms with Gasteiger partial charge in [-0.15, -0.1) is 6.58 Å². The van der Waals surface area contributed by atoms with E-state index in [1.807, 2.05) is 0 Å². The minimum atomic E-state index is -0.491. The molecule has 2 rings (SSSR count). The second-order valence-electron chi connectivity index (χ2n) is 5.95. The number of carbonyl (C=O) groups excluding carboxylic acids is 1. The summed E-state index contributed by atoms with van der Waals surface area (Å²) in [5, 5.41) is 29.2. The van der Waals surface area contributed by atoms with Gasteiger partial charge in [0.2, 0.25) is 0 Å². The summed E-state index contributed by atoms with van der Waals surface area (Å²) in [6.45, 7) is 4.93. The van der Waals surface area contributed by atoms with Crippen LogP contribution in [0.4, 0.5) is 0 Å². The molecule has 7 heteroatoms. The summed E-state index contributed by atoms with van der Waals surface area (Å²) in [7, 11) is 0. The molecule has 27 heavy (non-hydrogen) atoms. The zero-order valence-corrected chi connectivity index (χ0v) is 15.4. The topological polar surface area (TPSA) is 129 Å². The average molecular weight is 374 g/mol. The Morgan fingerprint density at radius 3 is 2.41 bits per heavy atom. The first-order valence-corrected chi connectivity index (χ1v) is 8.76. The highest BCUT2D eigenvalue weighted by molar-refractivity contribution is 5.93. The lowest BCUT2D eigenvalue weighted by molar-refractivity contribution is 0.0519. The van der Waals surface area contributed by atoms with Crippen molar-refractivity contribution in [3.8, 4) is 11.1 Å². The van der Waals surface area contributed by atoms with E-state index in [1.165, 1.54) is 0 Å². The van der Waals surface area contributed by atoms with Crippen molar-refractivity contribution < 1.29 is 24.9 Å². The molecule has 0 saturated carbocycles. The smallest absolute Gasteiger partial charge is 0.355 e. The summed E-state index contributed by atoms with van der Waals surface area (Å²) in [6, 6.07) is 3.44. The van der Waals surface area contributed by atoms with Gasteiger partial charge < -0.3 is 30.8 Å². The molecule has 146 valence electrons. The van der Waals surface area contributed by atoms with Crippen molar-refractivity contribution >= 4 is 5.97 Å². The highest BCUT2D eigenvalue weighted by Gasteiger charge is 2.25. The molecule has 2 aromatic rings. The van der Waals surface area contributed by atoms with Gasteiger partial charge in [0.15, 0.2) is 0 Å². The van der Waals surface area contributed by atoms with Crippen LogP contribution >= 0.6 is 0 Å². The van der Waals surface area contributed by atoms with Crippen LogP contribution in [0, 0.1) is 0 Å². The minimum Gasteiger partial charge on any atom is -0.461 e. The number of ether oxygens (including phenoxy) is 1. The molecule has 0 atom stereocenters. The second-order valence-corrected chi connectivity index (χ2v) is 5.95. The lowest BCUT2D eigenvalue weighted by atomic mass is 9.89. The van der Waals surface area contributed by atoms with Crippen LogP contribution in [-0.4, -0.2) is 32.9 Å². The molecule has 7 nitrogen and oxygen atoms in total. The molecule has 0 saturated heterocycles. The monoisotopic (exact) mass is 374 g/mol. The number of H-pyrrole nitrogens is 1. The highest BCUT2D eigenvalue weighted by Crippen LogP contribution is 2.36. The third kappa shape index (κ3) is 3.96. The summed E-state index contributed by atoms with van der Waals surface area (Å²) in [4.78, 5) is 15.4. The van der Waals surface area contributed by atoms with E-state index in [2.05, 4.69) is 11.6 Å². The van der Waals surface area contributed by atoms with Gasteiger partial charge in [-0.05, 0) is 41.2 Å². The molecule has 0 unspecified atom stereocenters. The van der Waals surface area contributed by atoms with Gasteiger partial charge in [-0.2, -0.15) is 0 Å². The maximum atomic E-state index is 12.4. The van der Waals surface area contributed by atoms with Gasteiger partial charge in [-0.3, -0.25) is 0 Å². The fourth-order valence-corrected chi connectivity index (χ4v) is 3.30. The Bertz CT molecular complexity index is 826. The largest absolute Gasteiger partial charge is 0.461 e. The fraction of sp³-hybridized carbons (Fsp3) is 0.350. The Kier molecular flexibility index (Phi) is 7.32. The number of esters is 1. The molecule has 0 fully saturated rings. The molecular formula is C20H26N2O5. The summed E-state index contributed by atoms with van der Waals surface area (Å²) in [5.41, 5.74) is 10.3. The van der Waals surface area contributed by atoms with Gasteiger partial charge in [0, 0.05) is 17.8 Å². The SMILES string of the molecule is C=CCc1c(C(=O)OCC)[nH]c(CN)c1-c1ccc(CO)c(CO)c1CO. The molecule has 6 N–H and O–H groups in total. The van der Waals surface area contributed by atoms with Crippen LogP contribution in [0.25, 0.3) is 11.1 Å². The molecule has 0 aliphatic rings. The predicted molar refractivity (Wildman–Crippen MR) is 102 cm³/mol. The van der Waals surface area contributed by atoms with Crippen molar-refractivity contribution in [2.24, 2.45) is 5.73 Å². The number of carbonyl (C=O) groups is 1. The zero-order valence-electron chi connectivity index (χ0n) is 15.4. The normalized spacial score (nSPS) is 10.9.